The van der Waals surface area contributed by atoms with Gasteiger partial charge in [-0.1, -0.05) is 23.7 Å². The van der Waals surface area contributed by atoms with Gasteiger partial charge in [0.1, 0.15) is 5.02 Å². The van der Waals surface area contributed by atoms with E-state index in [0.29, 0.717) is 12.6 Å². The van der Waals surface area contributed by atoms with Crippen LogP contribution in [-0.2, 0) is 11.3 Å². The van der Waals surface area contributed by atoms with Gasteiger partial charge in [-0.25, -0.2) is 0 Å². The molecule has 7 nitrogen and oxygen atoms in total. The first-order valence-corrected chi connectivity index (χ1v) is 10.5. The smallest absolute Gasteiger partial charge is 0.288 e. The van der Waals surface area contributed by atoms with E-state index in [1.807, 2.05) is 6.07 Å². The first-order chi connectivity index (χ1) is 13.4. The molecule has 0 bridgehead atoms. The minimum absolute atomic E-state index is 0.0123. The Labute approximate surface area is 171 Å². The second-order valence-electron chi connectivity index (χ2n) is 8.51. The van der Waals surface area contributed by atoms with Gasteiger partial charge in [-0.2, -0.15) is 0 Å². The fraction of sp³-hybridized carbons (Fsp3) is 0.700. The Bertz CT molecular complexity index is 707. The Kier molecular flexibility index (Phi) is 5.90. The van der Waals surface area contributed by atoms with Crippen LogP contribution in [0.25, 0.3) is 0 Å². The topological polar surface area (TPSA) is 62.1 Å². The maximum Gasteiger partial charge on any atom is 0.288 e. The molecule has 0 amide bonds. The number of halogens is 1. The molecule has 4 rings (SSSR count). The molecular weight excluding hydrogens is 380 g/mol. The van der Waals surface area contributed by atoms with Gasteiger partial charge in [0.05, 0.1) is 16.6 Å². The summed E-state index contributed by atoms with van der Waals surface area (Å²) in [6.45, 7) is 8.17. The summed E-state index contributed by atoms with van der Waals surface area (Å²) in [5.41, 5.74) is 0.872. The highest BCUT2D eigenvalue weighted by Gasteiger charge is 2.47. The van der Waals surface area contributed by atoms with Crippen molar-refractivity contribution in [2.24, 2.45) is 0 Å². The van der Waals surface area contributed by atoms with E-state index in [-0.39, 0.29) is 16.3 Å². The van der Waals surface area contributed by atoms with E-state index >= 15 is 0 Å². The van der Waals surface area contributed by atoms with E-state index in [4.69, 9.17) is 16.3 Å². The molecule has 0 radical (unpaired) electrons. The second-order valence-corrected chi connectivity index (χ2v) is 8.89. The fourth-order valence-electron chi connectivity index (χ4n) is 4.69. The number of nitro benzene ring substituents is 1. The Morgan fingerprint density at radius 2 is 1.86 bits per heavy atom. The number of rotatable bonds is 5. The standard InChI is InChI=1S/C20H29ClN4O3/c1-22-9-11-24(12-10-22)15-17-13-20(28-17)5-7-23(8-6-20)14-16-3-2-4-18(19(16)21)25(26)27/h2-4,17H,5-15H2,1H3. The number of piperidine rings is 1. The van der Waals surface area contributed by atoms with Gasteiger partial charge in [0, 0.05) is 64.8 Å². The van der Waals surface area contributed by atoms with Crippen molar-refractivity contribution in [3.05, 3.63) is 38.9 Å². The van der Waals surface area contributed by atoms with Crippen molar-refractivity contribution >= 4 is 17.3 Å². The third-order valence-corrected chi connectivity index (χ3v) is 6.93. The van der Waals surface area contributed by atoms with Gasteiger partial charge < -0.3 is 9.64 Å². The van der Waals surface area contributed by atoms with Crippen molar-refractivity contribution in [1.82, 2.24) is 14.7 Å². The van der Waals surface area contributed by atoms with Crippen LogP contribution in [0.2, 0.25) is 5.02 Å². The van der Waals surface area contributed by atoms with E-state index in [2.05, 4.69) is 21.7 Å². The van der Waals surface area contributed by atoms with Crippen LogP contribution in [0.3, 0.4) is 0 Å². The summed E-state index contributed by atoms with van der Waals surface area (Å²) in [5.74, 6) is 0. The van der Waals surface area contributed by atoms with Crippen molar-refractivity contribution in [3.8, 4) is 0 Å². The van der Waals surface area contributed by atoms with Crippen LogP contribution >= 0.6 is 11.6 Å². The molecule has 0 aliphatic carbocycles. The van der Waals surface area contributed by atoms with Gasteiger partial charge in [-0.05, 0) is 25.5 Å². The number of benzene rings is 1. The Morgan fingerprint density at radius 3 is 2.50 bits per heavy atom. The molecule has 0 N–H and O–H groups in total. The molecule has 3 fully saturated rings. The summed E-state index contributed by atoms with van der Waals surface area (Å²) in [6, 6.07) is 5.05. The molecule has 1 aromatic carbocycles. The van der Waals surface area contributed by atoms with Crippen LogP contribution in [0.4, 0.5) is 5.69 Å². The van der Waals surface area contributed by atoms with E-state index in [9.17, 15) is 10.1 Å². The summed E-state index contributed by atoms with van der Waals surface area (Å²) < 4.78 is 6.37. The van der Waals surface area contributed by atoms with E-state index < -0.39 is 4.92 Å². The molecule has 0 saturated carbocycles. The SMILES string of the molecule is CN1CCN(CC2CC3(CCN(Cc4cccc([N+](=O)[O-])c4Cl)CC3)O2)CC1. The zero-order valence-electron chi connectivity index (χ0n) is 16.5. The molecule has 28 heavy (non-hydrogen) atoms. The van der Waals surface area contributed by atoms with Crippen molar-refractivity contribution in [3.63, 3.8) is 0 Å². The van der Waals surface area contributed by atoms with Crippen molar-refractivity contribution < 1.29 is 9.66 Å². The number of ether oxygens (including phenoxy) is 1. The lowest BCUT2D eigenvalue weighted by Gasteiger charge is -2.53. The lowest BCUT2D eigenvalue weighted by molar-refractivity contribution is -0.384. The van der Waals surface area contributed by atoms with E-state index in [0.717, 1.165) is 70.6 Å². The van der Waals surface area contributed by atoms with Crippen LogP contribution in [0, 0.1) is 10.1 Å². The number of likely N-dealkylation sites (tertiary alicyclic amines) is 1. The predicted molar refractivity (Wildman–Crippen MR) is 109 cm³/mol. The van der Waals surface area contributed by atoms with Gasteiger partial charge in [0.2, 0.25) is 0 Å². The predicted octanol–water partition coefficient (Wildman–Crippen LogP) is 2.62. The zero-order valence-corrected chi connectivity index (χ0v) is 17.2. The highest BCUT2D eigenvalue weighted by Crippen LogP contribution is 2.42. The van der Waals surface area contributed by atoms with Gasteiger partial charge in [-0.3, -0.25) is 19.9 Å². The van der Waals surface area contributed by atoms with Crippen LogP contribution < -0.4 is 0 Å². The minimum atomic E-state index is -0.417. The van der Waals surface area contributed by atoms with Gasteiger partial charge in [-0.15, -0.1) is 0 Å². The fourth-order valence-corrected chi connectivity index (χ4v) is 4.94. The Morgan fingerprint density at radius 1 is 1.18 bits per heavy atom. The van der Waals surface area contributed by atoms with E-state index in [1.165, 1.54) is 6.07 Å². The number of likely N-dealkylation sites (N-methyl/N-ethyl adjacent to an activating group) is 1. The Hall–Kier alpha value is -1.25. The molecule has 1 aromatic rings. The summed E-state index contributed by atoms with van der Waals surface area (Å²) >= 11 is 6.24. The summed E-state index contributed by atoms with van der Waals surface area (Å²) in [4.78, 5) is 17.9. The summed E-state index contributed by atoms with van der Waals surface area (Å²) in [6.07, 6.45) is 3.59. The second kappa shape index (κ2) is 8.24. The van der Waals surface area contributed by atoms with Crippen molar-refractivity contribution in [1.29, 1.82) is 0 Å². The maximum absolute atomic E-state index is 11.1. The number of nitrogens with zero attached hydrogens (tertiary/aromatic N) is 4. The number of piperazine rings is 1. The number of nitro groups is 1. The average Bonchev–Trinajstić information content (AvgIpc) is 2.65. The molecule has 154 valence electrons. The molecular formula is C20H29ClN4O3. The van der Waals surface area contributed by atoms with Gasteiger partial charge in [0.15, 0.2) is 0 Å². The normalized spacial score (nSPS) is 26.3. The Balaban J connectivity index is 1.24. The average molecular weight is 409 g/mol. The molecule has 3 aliphatic rings. The number of hydrogen-bond acceptors (Lipinski definition) is 6. The van der Waals surface area contributed by atoms with Crippen molar-refractivity contribution in [2.75, 3.05) is 52.9 Å². The quantitative estimate of drug-likeness (QED) is 0.551. The zero-order chi connectivity index (χ0) is 19.7. The van der Waals surface area contributed by atoms with Crippen molar-refractivity contribution in [2.45, 2.75) is 37.5 Å². The lowest BCUT2D eigenvalue weighted by Crippen LogP contribution is -2.60. The monoisotopic (exact) mass is 408 g/mol. The molecule has 8 heteroatoms. The van der Waals surface area contributed by atoms with Crippen LogP contribution in [0.1, 0.15) is 24.8 Å². The van der Waals surface area contributed by atoms with Crippen LogP contribution in [0.5, 0.6) is 0 Å². The largest absolute Gasteiger partial charge is 0.370 e. The maximum atomic E-state index is 11.1. The molecule has 3 aliphatic heterocycles. The first-order valence-electron chi connectivity index (χ1n) is 10.2. The molecule has 3 heterocycles. The molecule has 1 spiro atoms. The molecule has 1 atom stereocenters. The highest BCUT2D eigenvalue weighted by atomic mass is 35.5. The lowest BCUT2D eigenvalue weighted by atomic mass is 9.80. The summed E-state index contributed by atoms with van der Waals surface area (Å²) in [5, 5.41) is 11.3. The minimum Gasteiger partial charge on any atom is -0.370 e. The number of hydrogen-bond donors (Lipinski definition) is 0. The molecule has 3 saturated heterocycles. The highest BCUT2D eigenvalue weighted by molar-refractivity contribution is 6.33. The van der Waals surface area contributed by atoms with Gasteiger partial charge in [0.25, 0.3) is 5.69 Å². The van der Waals surface area contributed by atoms with Gasteiger partial charge >= 0.3 is 0 Å². The summed E-state index contributed by atoms with van der Waals surface area (Å²) in [7, 11) is 2.18. The molecule has 1 unspecified atom stereocenters. The van der Waals surface area contributed by atoms with E-state index in [1.54, 1.807) is 6.07 Å². The molecule has 0 aromatic heterocycles. The third kappa shape index (κ3) is 4.33. The van der Waals surface area contributed by atoms with Crippen LogP contribution in [0.15, 0.2) is 18.2 Å². The first kappa shape index (κ1) is 20.0. The third-order valence-electron chi connectivity index (χ3n) is 6.49. The van der Waals surface area contributed by atoms with Crippen LogP contribution in [-0.4, -0.2) is 84.2 Å².